The molecule has 0 aliphatic carbocycles. The first-order chi connectivity index (χ1) is 9.24. The molecule has 1 aromatic carbocycles. The van der Waals surface area contributed by atoms with Crippen molar-refractivity contribution < 1.29 is 13.9 Å². The van der Waals surface area contributed by atoms with Gasteiger partial charge in [0.25, 0.3) is 0 Å². The third-order valence-corrected chi connectivity index (χ3v) is 2.91. The fourth-order valence-corrected chi connectivity index (χ4v) is 1.89. The summed E-state index contributed by atoms with van der Waals surface area (Å²) in [5.74, 6) is 0.737. The molecule has 5 heteroatoms. The van der Waals surface area contributed by atoms with Crippen LogP contribution >= 0.6 is 0 Å². The van der Waals surface area contributed by atoms with Gasteiger partial charge in [0, 0.05) is 30.1 Å². The molecule has 0 fully saturated rings. The van der Waals surface area contributed by atoms with Gasteiger partial charge in [0.15, 0.2) is 0 Å². The van der Waals surface area contributed by atoms with E-state index in [0.717, 1.165) is 28.8 Å². The third-order valence-electron chi connectivity index (χ3n) is 2.91. The van der Waals surface area contributed by atoms with Crippen molar-refractivity contribution in [2.45, 2.75) is 6.42 Å². The second kappa shape index (κ2) is 6.24. The highest BCUT2D eigenvalue weighted by molar-refractivity contribution is 5.88. The first-order valence-electron chi connectivity index (χ1n) is 6.20. The van der Waals surface area contributed by atoms with Gasteiger partial charge in [0.05, 0.1) is 19.8 Å². The number of benzene rings is 1. The molecular formula is C14H18N2O3. The van der Waals surface area contributed by atoms with Crippen molar-refractivity contribution in [3.63, 3.8) is 0 Å². The molecule has 2 aromatic rings. The Morgan fingerprint density at radius 2 is 2.21 bits per heavy atom. The van der Waals surface area contributed by atoms with Crippen molar-refractivity contribution in [1.82, 2.24) is 10.6 Å². The van der Waals surface area contributed by atoms with Crippen LogP contribution in [0.4, 0.5) is 0 Å². The molecule has 102 valence electrons. The molecule has 1 amide bonds. The van der Waals surface area contributed by atoms with Gasteiger partial charge in [-0.15, -0.1) is 0 Å². The highest BCUT2D eigenvalue weighted by atomic mass is 16.5. The maximum absolute atomic E-state index is 11.7. The molecule has 19 heavy (non-hydrogen) atoms. The van der Waals surface area contributed by atoms with Crippen LogP contribution in [0.3, 0.4) is 0 Å². The topological polar surface area (TPSA) is 63.5 Å². The van der Waals surface area contributed by atoms with Crippen LogP contribution < -0.4 is 15.4 Å². The summed E-state index contributed by atoms with van der Waals surface area (Å²) in [4.78, 5) is 11.7. The molecule has 0 aliphatic rings. The van der Waals surface area contributed by atoms with E-state index in [1.807, 2.05) is 25.2 Å². The lowest BCUT2D eigenvalue weighted by molar-refractivity contribution is -0.120. The van der Waals surface area contributed by atoms with E-state index in [4.69, 9.17) is 9.15 Å². The predicted octanol–water partition coefficient (Wildman–Crippen LogP) is 1.32. The first-order valence-corrected chi connectivity index (χ1v) is 6.20. The normalized spacial score (nSPS) is 10.6. The Labute approximate surface area is 111 Å². The molecule has 0 saturated carbocycles. The minimum absolute atomic E-state index is 0.00577. The number of nitrogens with one attached hydrogen (secondary N) is 2. The van der Waals surface area contributed by atoms with Gasteiger partial charge in [-0.1, -0.05) is 0 Å². The van der Waals surface area contributed by atoms with Crippen LogP contribution in [0.15, 0.2) is 28.9 Å². The number of likely N-dealkylation sites (N-methyl/N-ethyl adjacent to an activating group) is 1. The molecule has 0 unspecified atom stereocenters. The van der Waals surface area contributed by atoms with Crippen LogP contribution in [0.1, 0.15) is 5.56 Å². The van der Waals surface area contributed by atoms with Crippen molar-refractivity contribution in [2.75, 3.05) is 27.2 Å². The number of hydrogen-bond acceptors (Lipinski definition) is 4. The number of carbonyl (C=O) groups is 1. The third kappa shape index (κ3) is 3.26. The van der Waals surface area contributed by atoms with Crippen LogP contribution in [0.5, 0.6) is 5.75 Å². The van der Waals surface area contributed by atoms with Gasteiger partial charge in [-0.3, -0.25) is 4.79 Å². The number of ether oxygens (including phenoxy) is 1. The average molecular weight is 262 g/mol. The van der Waals surface area contributed by atoms with Crippen LogP contribution in [-0.2, 0) is 11.2 Å². The van der Waals surface area contributed by atoms with E-state index in [9.17, 15) is 4.79 Å². The number of carbonyl (C=O) groups excluding carboxylic acids is 1. The van der Waals surface area contributed by atoms with Crippen LogP contribution in [0.2, 0.25) is 0 Å². The molecule has 0 spiro atoms. The molecule has 2 N–H and O–H groups in total. The van der Waals surface area contributed by atoms with E-state index in [2.05, 4.69) is 10.6 Å². The number of furan rings is 1. The number of rotatable bonds is 6. The van der Waals surface area contributed by atoms with Gasteiger partial charge >= 0.3 is 0 Å². The Hall–Kier alpha value is -2.01. The van der Waals surface area contributed by atoms with Crippen LogP contribution in [0, 0.1) is 0 Å². The second-order valence-electron chi connectivity index (χ2n) is 4.25. The molecule has 0 saturated heterocycles. The minimum Gasteiger partial charge on any atom is -0.497 e. The lowest BCUT2D eigenvalue weighted by Gasteiger charge is -2.03. The van der Waals surface area contributed by atoms with Gasteiger partial charge < -0.3 is 19.8 Å². The number of amides is 1. The van der Waals surface area contributed by atoms with Crippen molar-refractivity contribution in [2.24, 2.45) is 0 Å². The Morgan fingerprint density at radius 3 is 2.95 bits per heavy atom. The maximum Gasteiger partial charge on any atom is 0.224 e. The van der Waals surface area contributed by atoms with Crippen molar-refractivity contribution in [3.8, 4) is 5.75 Å². The molecule has 1 heterocycles. The zero-order chi connectivity index (χ0) is 13.7. The van der Waals surface area contributed by atoms with Gasteiger partial charge in [0.2, 0.25) is 5.91 Å². The molecule has 2 rings (SSSR count). The van der Waals surface area contributed by atoms with Crippen molar-refractivity contribution in [1.29, 1.82) is 0 Å². The fourth-order valence-electron chi connectivity index (χ4n) is 1.89. The summed E-state index contributed by atoms with van der Waals surface area (Å²) in [5.41, 5.74) is 1.62. The van der Waals surface area contributed by atoms with Gasteiger partial charge in [-0.05, 0) is 19.2 Å². The molecule has 5 nitrogen and oxygen atoms in total. The molecule has 1 aromatic heterocycles. The lowest BCUT2D eigenvalue weighted by atomic mass is 10.1. The highest BCUT2D eigenvalue weighted by Gasteiger charge is 2.10. The maximum atomic E-state index is 11.7. The number of fused-ring (bicyclic) bond motifs is 1. The summed E-state index contributed by atoms with van der Waals surface area (Å²) >= 11 is 0. The quantitative estimate of drug-likeness (QED) is 0.771. The monoisotopic (exact) mass is 262 g/mol. The second-order valence-corrected chi connectivity index (χ2v) is 4.25. The van der Waals surface area contributed by atoms with Crippen LogP contribution in [0.25, 0.3) is 11.0 Å². The standard InChI is InChI=1S/C14H18N2O3/c1-15-5-6-16-14(17)7-10-9-19-13-8-11(18-2)3-4-12(10)13/h3-4,8-9,15H,5-7H2,1-2H3,(H,16,17). The van der Waals surface area contributed by atoms with Crippen molar-refractivity contribution in [3.05, 3.63) is 30.0 Å². The number of methoxy groups -OCH3 is 1. The van der Waals surface area contributed by atoms with E-state index < -0.39 is 0 Å². The van der Waals surface area contributed by atoms with E-state index in [0.29, 0.717) is 13.0 Å². The van der Waals surface area contributed by atoms with Gasteiger partial charge in [-0.25, -0.2) is 0 Å². The minimum atomic E-state index is -0.00577. The van der Waals surface area contributed by atoms with Crippen LogP contribution in [-0.4, -0.2) is 33.2 Å². The number of hydrogen-bond donors (Lipinski definition) is 2. The molecule has 0 radical (unpaired) electrons. The van der Waals surface area contributed by atoms with E-state index in [1.54, 1.807) is 13.4 Å². The smallest absolute Gasteiger partial charge is 0.224 e. The molecule has 0 bridgehead atoms. The first kappa shape index (κ1) is 13.4. The van der Waals surface area contributed by atoms with Crippen molar-refractivity contribution >= 4 is 16.9 Å². The summed E-state index contributed by atoms with van der Waals surface area (Å²) in [6.07, 6.45) is 1.95. The molecular weight excluding hydrogens is 244 g/mol. The predicted molar refractivity (Wildman–Crippen MR) is 73.4 cm³/mol. The lowest BCUT2D eigenvalue weighted by Crippen LogP contribution is -2.31. The Bertz CT molecular complexity index is 563. The summed E-state index contributed by atoms with van der Waals surface area (Å²) in [6, 6.07) is 5.59. The summed E-state index contributed by atoms with van der Waals surface area (Å²) in [7, 11) is 3.46. The summed E-state index contributed by atoms with van der Waals surface area (Å²) < 4.78 is 10.6. The Balaban J connectivity index is 2.06. The summed E-state index contributed by atoms with van der Waals surface area (Å²) in [5, 5.41) is 6.77. The zero-order valence-corrected chi connectivity index (χ0v) is 11.2. The van der Waals surface area contributed by atoms with E-state index >= 15 is 0 Å². The SMILES string of the molecule is CNCCNC(=O)Cc1coc2cc(OC)ccc12. The largest absolute Gasteiger partial charge is 0.497 e. The van der Waals surface area contributed by atoms with Gasteiger partial charge in [0.1, 0.15) is 11.3 Å². The summed E-state index contributed by atoms with van der Waals surface area (Å²) in [6.45, 7) is 1.38. The zero-order valence-electron chi connectivity index (χ0n) is 11.2. The fraction of sp³-hybridized carbons (Fsp3) is 0.357. The van der Waals surface area contributed by atoms with E-state index in [-0.39, 0.29) is 5.91 Å². The highest BCUT2D eigenvalue weighted by Crippen LogP contribution is 2.25. The molecule has 0 aliphatic heterocycles. The molecule has 0 atom stereocenters. The average Bonchev–Trinajstić information content (AvgIpc) is 2.81. The Kier molecular flexibility index (Phi) is 4.41. The van der Waals surface area contributed by atoms with Gasteiger partial charge in [-0.2, -0.15) is 0 Å². The van der Waals surface area contributed by atoms with E-state index in [1.165, 1.54) is 0 Å². The Morgan fingerprint density at radius 1 is 1.37 bits per heavy atom.